The summed E-state index contributed by atoms with van der Waals surface area (Å²) in [5.41, 5.74) is 1.44. The van der Waals surface area contributed by atoms with Gasteiger partial charge in [-0.15, -0.1) is 0 Å². The van der Waals surface area contributed by atoms with Crippen molar-refractivity contribution in [3.8, 4) is 0 Å². The molecule has 0 aliphatic heterocycles. The molecule has 13 heavy (non-hydrogen) atoms. The molecule has 1 nitrogen and oxygen atoms in total. The highest BCUT2D eigenvalue weighted by molar-refractivity contribution is 5.38. The molecule has 1 aliphatic rings. The van der Waals surface area contributed by atoms with Crippen LogP contribution >= 0.6 is 0 Å². The minimum Gasteiger partial charge on any atom is -0.348 e. The van der Waals surface area contributed by atoms with E-state index in [0.29, 0.717) is 5.92 Å². The van der Waals surface area contributed by atoms with Gasteiger partial charge in [0.05, 0.1) is 0 Å². The van der Waals surface area contributed by atoms with E-state index >= 15 is 0 Å². The zero-order chi connectivity index (χ0) is 9.42. The number of hydrogen-bond donors (Lipinski definition) is 0. The van der Waals surface area contributed by atoms with E-state index in [4.69, 9.17) is 0 Å². The van der Waals surface area contributed by atoms with Crippen molar-refractivity contribution in [1.82, 2.24) is 4.57 Å². The largest absolute Gasteiger partial charge is 0.348 e. The first-order chi connectivity index (χ1) is 6.20. The van der Waals surface area contributed by atoms with E-state index in [2.05, 4.69) is 43.7 Å². The third-order valence-electron chi connectivity index (χ3n) is 2.81. The summed E-state index contributed by atoms with van der Waals surface area (Å²) in [6.45, 7) is 4.50. The maximum atomic E-state index is 2.35. The van der Waals surface area contributed by atoms with Crippen molar-refractivity contribution >= 4 is 12.2 Å². The third-order valence-corrected chi connectivity index (χ3v) is 2.81. The lowest BCUT2D eigenvalue weighted by molar-refractivity contribution is 0.726. The van der Waals surface area contributed by atoms with Gasteiger partial charge < -0.3 is 4.57 Å². The van der Waals surface area contributed by atoms with Gasteiger partial charge in [-0.25, -0.2) is 0 Å². The first-order valence-corrected chi connectivity index (χ1v) is 5.06. The summed E-state index contributed by atoms with van der Waals surface area (Å²) in [7, 11) is 2.17. The molecule has 0 amide bonds. The summed E-state index contributed by atoms with van der Waals surface area (Å²) in [5, 5.41) is 2.84. The molecule has 0 fully saturated rings. The lowest BCUT2D eigenvalue weighted by Crippen LogP contribution is -2.29. The molecule has 1 heteroatoms. The quantitative estimate of drug-likeness (QED) is 0.609. The summed E-state index contributed by atoms with van der Waals surface area (Å²) >= 11 is 0. The van der Waals surface area contributed by atoms with Crippen LogP contribution in [0.2, 0.25) is 0 Å². The molecule has 0 aromatic carbocycles. The van der Waals surface area contributed by atoms with Crippen LogP contribution in [0.3, 0.4) is 0 Å². The minimum absolute atomic E-state index is 0.623. The lowest BCUT2D eigenvalue weighted by Gasteiger charge is -2.06. The number of aromatic nitrogens is 1. The second-order valence-electron chi connectivity index (χ2n) is 4.11. The fourth-order valence-electron chi connectivity index (χ4n) is 2.09. The van der Waals surface area contributed by atoms with Gasteiger partial charge in [-0.3, -0.25) is 0 Å². The van der Waals surface area contributed by atoms with Gasteiger partial charge in [0.25, 0.3) is 0 Å². The smallest absolute Gasteiger partial charge is 0.0436 e. The van der Waals surface area contributed by atoms with Crippen LogP contribution in [-0.4, -0.2) is 4.57 Å². The highest BCUT2D eigenvalue weighted by Crippen LogP contribution is 2.10. The molecule has 0 unspecified atom stereocenters. The number of nitrogens with zero attached hydrogens (tertiary/aromatic N) is 1. The first-order valence-electron chi connectivity index (χ1n) is 5.06. The van der Waals surface area contributed by atoms with Crippen molar-refractivity contribution in [1.29, 1.82) is 0 Å². The predicted molar refractivity (Wildman–Crippen MR) is 56.9 cm³/mol. The third kappa shape index (κ3) is 1.32. The molecule has 0 radical (unpaired) electrons. The second-order valence-corrected chi connectivity index (χ2v) is 4.11. The van der Waals surface area contributed by atoms with Crippen LogP contribution in [0.15, 0.2) is 6.07 Å². The van der Waals surface area contributed by atoms with Crippen LogP contribution in [0.5, 0.6) is 0 Å². The molecule has 1 aromatic heterocycles. The molecule has 1 aliphatic carbocycles. The van der Waals surface area contributed by atoms with Gasteiger partial charge in [0.2, 0.25) is 0 Å². The molecule has 2 rings (SSSR count). The van der Waals surface area contributed by atoms with E-state index in [0.717, 1.165) is 0 Å². The molecule has 70 valence electrons. The SMILES string of the molecule is CC(C)c1cc2c(n1C)=CCCC=2. The Labute approximate surface area is 79.4 Å². The molecule has 0 saturated carbocycles. The molecular formula is C12H17N. The van der Waals surface area contributed by atoms with Gasteiger partial charge in [-0.1, -0.05) is 26.0 Å². The second kappa shape index (κ2) is 3.06. The van der Waals surface area contributed by atoms with Crippen molar-refractivity contribution in [2.24, 2.45) is 7.05 Å². The Bertz CT molecular complexity index is 421. The topological polar surface area (TPSA) is 4.93 Å². The van der Waals surface area contributed by atoms with Gasteiger partial charge in [0.1, 0.15) is 0 Å². The van der Waals surface area contributed by atoms with Gasteiger partial charge in [-0.2, -0.15) is 0 Å². The zero-order valence-corrected chi connectivity index (χ0v) is 8.67. The zero-order valence-electron chi connectivity index (χ0n) is 8.67. The Kier molecular flexibility index (Phi) is 2.03. The van der Waals surface area contributed by atoms with Crippen molar-refractivity contribution in [3.05, 3.63) is 22.3 Å². The Morgan fingerprint density at radius 1 is 1.23 bits per heavy atom. The molecule has 0 N–H and O–H groups in total. The van der Waals surface area contributed by atoms with Gasteiger partial charge in [-0.05, 0) is 30.0 Å². The fourth-order valence-corrected chi connectivity index (χ4v) is 2.09. The van der Waals surface area contributed by atoms with Gasteiger partial charge >= 0.3 is 0 Å². The molecule has 1 aromatic rings. The predicted octanol–water partition coefficient (Wildman–Crippen LogP) is 1.50. The van der Waals surface area contributed by atoms with Crippen LogP contribution in [0, 0.1) is 0 Å². The molecule has 0 spiro atoms. The molecule has 1 heterocycles. The normalized spacial score (nSPS) is 15.1. The maximum absolute atomic E-state index is 2.35. The van der Waals surface area contributed by atoms with E-state index in [1.807, 2.05) is 0 Å². The van der Waals surface area contributed by atoms with Crippen molar-refractivity contribution in [3.63, 3.8) is 0 Å². The molecular weight excluding hydrogens is 158 g/mol. The summed E-state index contributed by atoms with van der Waals surface area (Å²) in [4.78, 5) is 0. The van der Waals surface area contributed by atoms with Crippen molar-refractivity contribution in [2.75, 3.05) is 0 Å². The Morgan fingerprint density at radius 2 is 1.92 bits per heavy atom. The number of fused-ring (bicyclic) bond motifs is 1. The van der Waals surface area contributed by atoms with E-state index < -0.39 is 0 Å². The van der Waals surface area contributed by atoms with Gasteiger partial charge in [0.15, 0.2) is 0 Å². The minimum atomic E-state index is 0.623. The average Bonchev–Trinajstić information content (AvgIpc) is 2.45. The van der Waals surface area contributed by atoms with Crippen LogP contribution in [-0.2, 0) is 7.05 Å². The highest BCUT2D eigenvalue weighted by atomic mass is 14.9. The van der Waals surface area contributed by atoms with E-state index in [1.165, 1.54) is 29.1 Å². The molecule has 0 atom stereocenters. The van der Waals surface area contributed by atoms with E-state index in [1.54, 1.807) is 0 Å². The number of rotatable bonds is 1. The molecule has 0 bridgehead atoms. The standard InChI is InChI=1S/C12H17N/c1-9(2)12-8-10-6-4-5-7-11(10)13(12)3/h6-9H,4-5H2,1-3H3. The Balaban J connectivity index is 2.72. The van der Waals surface area contributed by atoms with Crippen LogP contribution in [0.25, 0.3) is 12.2 Å². The average molecular weight is 175 g/mol. The van der Waals surface area contributed by atoms with Crippen LogP contribution in [0.4, 0.5) is 0 Å². The number of hydrogen-bond acceptors (Lipinski definition) is 0. The Morgan fingerprint density at radius 3 is 2.54 bits per heavy atom. The molecule has 0 saturated heterocycles. The summed E-state index contributed by atoms with van der Waals surface area (Å²) < 4.78 is 2.33. The highest BCUT2D eigenvalue weighted by Gasteiger charge is 2.06. The first kappa shape index (κ1) is 8.61. The fraction of sp³-hybridized carbons (Fsp3) is 0.500. The van der Waals surface area contributed by atoms with E-state index in [-0.39, 0.29) is 0 Å². The summed E-state index contributed by atoms with van der Waals surface area (Å²) in [6.07, 6.45) is 7.10. The van der Waals surface area contributed by atoms with Gasteiger partial charge in [0, 0.05) is 18.1 Å². The van der Waals surface area contributed by atoms with E-state index in [9.17, 15) is 0 Å². The van der Waals surface area contributed by atoms with Crippen LogP contribution < -0.4 is 10.6 Å². The van der Waals surface area contributed by atoms with Crippen molar-refractivity contribution in [2.45, 2.75) is 32.6 Å². The Hall–Kier alpha value is -0.980. The van der Waals surface area contributed by atoms with Crippen molar-refractivity contribution < 1.29 is 0 Å². The summed E-state index contributed by atoms with van der Waals surface area (Å²) in [6, 6.07) is 2.33. The maximum Gasteiger partial charge on any atom is 0.0436 e. The summed E-state index contributed by atoms with van der Waals surface area (Å²) in [5.74, 6) is 0.623. The van der Waals surface area contributed by atoms with Crippen LogP contribution in [0.1, 0.15) is 38.3 Å². The lowest BCUT2D eigenvalue weighted by atomic mass is 10.1. The monoisotopic (exact) mass is 175 g/mol.